The summed E-state index contributed by atoms with van der Waals surface area (Å²) in [5.41, 5.74) is 0. The number of hydrogen-bond acceptors (Lipinski definition) is 3. The first-order valence-corrected chi connectivity index (χ1v) is 10.1. The van der Waals surface area contributed by atoms with Gasteiger partial charge in [0, 0.05) is 9.79 Å². The minimum Gasteiger partial charge on any atom is -0.494 e. The molecule has 2 aromatic rings. The second-order valence-corrected chi connectivity index (χ2v) is 9.18. The van der Waals surface area contributed by atoms with E-state index in [0.29, 0.717) is 13.2 Å². The molecule has 0 fully saturated rings. The van der Waals surface area contributed by atoms with Gasteiger partial charge in [-0.1, -0.05) is 11.8 Å². The zero-order valence-corrected chi connectivity index (χ0v) is 18.0. The lowest BCUT2D eigenvalue weighted by Gasteiger charge is -2.09. The highest BCUT2D eigenvalue weighted by atomic mass is 79.9. The molecule has 23 heavy (non-hydrogen) atoms. The molecule has 122 valence electrons. The molecule has 0 saturated carbocycles. The maximum Gasteiger partial charge on any atom is 0.134 e. The molecular formula is C17H15Br3O2S. The SMILES string of the molecule is CCOc1ccc(Sc2ccc(OCC=C(Br)Br)c(Br)c2)cc1. The summed E-state index contributed by atoms with van der Waals surface area (Å²) >= 11 is 11.9. The number of rotatable bonds is 7. The number of halogens is 3. The van der Waals surface area contributed by atoms with Crippen LogP contribution in [0.25, 0.3) is 0 Å². The van der Waals surface area contributed by atoms with E-state index < -0.39 is 0 Å². The standard InChI is InChI=1S/C17H15Br3O2S/c1-2-21-12-3-5-13(6-4-12)23-14-7-8-16(15(18)11-14)22-10-9-17(19)20/h3-9,11H,2,10H2,1H3. The largest absolute Gasteiger partial charge is 0.494 e. The summed E-state index contributed by atoms with van der Waals surface area (Å²) in [7, 11) is 0. The molecule has 0 bridgehead atoms. The van der Waals surface area contributed by atoms with Gasteiger partial charge in [0.25, 0.3) is 0 Å². The molecule has 0 N–H and O–H groups in total. The first-order chi connectivity index (χ1) is 11.1. The van der Waals surface area contributed by atoms with Gasteiger partial charge in [-0.25, -0.2) is 0 Å². The number of benzene rings is 2. The number of hydrogen-bond donors (Lipinski definition) is 0. The third-order valence-electron chi connectivity index (χ3n) is 2.75. The normalized spacial score (nSPS) is 10.3. The topological polar surface area (TPSA) is 18.5 Å². The Kier molecular flexibility index (Phi) is 8.03. The second kappa shape index (κ2) is 9.77. The van der Waals surface area contributed by atoms with Crippen molar-refractivity contribution in [3.05, 3.63) is 56.4 Å². The van der Waals surface area contributed by atoms with Crippen molar-refractivity contribution in [3.63, 3.8) is 0 Å². The van der Waals surface area contributed by atoms with Crippen LogP contribution in [0, 0.1) is 0 Å². The monoisotopic (exact) mass is 520 g/mol. The van der Waals surface area contributed by atoms with E-state index >= 15 is 0 Å². The second-order valence-electron chi connectivity index (χ2n) is 4.40. The number of ether oxygens (including phenoxy) is 2. The van der Waals surface area contributed by atoms with Gasteiger partial charge >= 0.3 is 0 Å². The first kappa shape index (κ1) is 18.9. The molecule has 0 heterocycles. The molecule has 2 rings (SSSR count). The average Bonchev–Trinajstić information content (AvgIpc) is 2.51. The van der Waals surface area contributed by atoms with E-state index in [9.17, 15) is 0 Å². The van der Waals surface area contributed by atoms with Crippen molar-refractivity contribution in [2.45, 2.75) is 16.7 Å². The molecular weight excluding hydrogens is 508 g/mol. The zero-order chi connectivity index (χ0) is 16.7. The van der Waals surface area contributed by atoms with Crippen molar-refractivity contribution in [1.82, 2.24) is 0 Å². The Labute approximate surface area is 166 Å². The van der Waals surface area contributed by atoms with Gasteiger partial charge in [0.15, 0.2) is 0 Å². The quantitative estimate of drug-likeness (QED) is 0.389. The predicted molar refractivity (Wildman–Crippen MR) is 107 cm³/mol. The molecule has 2 nitrogen and oxygen atoms in total. The van der Waals surface area contributed by atoms with E-state index in [-0.39, 0.29) is 0 Å². The summed E-state index contributed by atoms with van der Waals surface area (Å²) in [6.07, 6.45) is 1.90. The van der Waals surface area contributed by atoms with E-state index in [1.807, 2.05) is 37.3 Å². The molecule has 0 radical (unpaired) electrons. The van der Waals surface area contributed by atoms with Gasteiger partial charge in [-0.3, -0.25) is 0 Å². The maximum absolute atomic E-state index is 5.69. The van der Waals surface area contributed by atoms with Crippen LogP contribution in [0.4, 0.5) is 0 Å². The van der Waals surface area contributed by atoms with Crippen molar-refractivity contribution in [2.75, 3.05) is 13.2 Å². The summed E-state index contributed by atoms with van der Waals surface area (Å²) in [6.45, 7) is 3.16. The molecule has 0 aliphatic rings. The summed E-state index contributed by atoms with van der Waals surface area (Å²) in [6, 6.07) is 14.2. The molecule has 0 aromatic heterocycles. The molecule has 0 atom stereocenters. The summed E-state index contributed by atoms with van der Waals surface area (Å²) < 4.78 is 13.0. The summed E-state index contributed by atoms with van der Waals surface area (Å²) in [5, 5.41) is 0. The van der Waals surface area contributed by atoms with Crippen molar-refractivity contribution in [2.24, 2.45) is 0 Å². The summed E-state index contributed by atoms with van der Waals surface area (Å²) in [5.74, 6) is 1.71. The Balaban J connectivity index is 2.00. The highest BCUT2D eigenvalue weighted by Crippen LogP contribution is 2.34. The lowest BCUT2D eigenvalue weighted by molar-refractivity contribution is 0.340. The fraction of sp³-hybridized carbons (Fsp3) is 0.176. The van der Waals surface area contributed by atoms with Gasteiger partial charge in [0.1, 0.15) is 18.1 Å². The molecule has 0 amide bonds. The highest BCUT2D eigenvalue weighted by Gasteiger charge is 2.04. The Morgan fingerprint density at radius 3 is 2.35 bits per heavy atom. The van der Waals surface area contributed by atoms with Crippen molar-refractivity contribution in [3.8, 4) is 11.5 Å². The predicted octanol–water partition coefficient (Wildman–Crippen LogP) is 7.01. The third kappa shape index (κ3) is 6.53. The Hall–Kier alpha value is -0.430. The first-order valence-electron chi connectivity index (χ1n) is 6.92. The van der Waals surface area contributed by atoms with Crippen LogP contribution in [0.2, 0.25) is 0 Å². The van der Waals surface area contributed by atoms with Crippen molar-refractivity contribution < 1.29 is 9.47 Å². The third-order valence-corrected chi connectivity index (χ3v) is 5.01. The smallest absolute Gasteiger partial charge is 0.134 e. The van der Waals surface area contributed by atoms with Crippen LogP contribution in [0.3, 0.4) is 0 Å². The molecule has 2 aromatic carbocycles. The van der Waals surface area contributed by atoms with Crippen molar-refractivity contribution in [1.29, 1.82) is 0 Å². The van der Waals surface area contributed by atoms with Gasteiger partial charge in [-0.15, -0.1) is 0 Å². The van der Waals surface area contributed by atoms with Crippen LogP contribution >= 0.6 is 59.6 Å². The minimum absolute atomic E-state index is 0.496. The lowest BCUT2D eigenvalue weighted by atomic mass is 10.3. The van der Waals surface area contributed by atoms with Crippen LogP contribution in [-0.2, 0) is 0 Å². The van der Waals surface area contributed by atoms with Gasteiger partial charge in [-0.05, 0) is 103 Å². The summed E-state index contributed by atoms with van der Waals surface area (Å²) in [4.78, 5) is 2.31. The van der Waals surface area contributed by atoms with Crippen LogP contribution in [0.1, 0.15) is 6.92 Å². The van der Waals surface area contributed by atoms with Crippen molar-refractivity contribution >= 4 is 59.6 Å². The molecule has 6 heteroatoms. The van der Waals surface area contributed by atoms with Crippen LogP contribution in [0.15, 0.2) is 66.2 Å². The van der Waals surface area contributed by atoms with E-state index in [0.717, 1.165) is 24.3 Å². The molecule has 0 aliphatic carbocycles. The Bertz CT molecular complexity index is 668. The van der Waals surface area contributed by atoms with Crippen LogP contribution in [-0.4, -0.2) is 13.2 Å². The average molecular weight is 523 g/mol. The Morgan fingerprint density at radius 2 is 1.74 bits per heavy atom. The Morgan fingerprint density at radius 1 is 1.04 bits per heavy atom. The highest BCUT2D eigenvalue weighted by molar-refractivity contribution is 9.28. The lowest BCUT2D eigenvalue weighted by Crippen LogP contribution is -1.94. The molecule has 0 saturated heterocycles. The molecule has 0 aliphatic heterocycles. The minimum atomic E-state index is 0.496. The van der Waals surface area contributed by atoms with Crippen LogP contribution < -0.4 is 9.47 Å². The van der Waals surface area contributed by atoms with E-state index in [1.165, 1.54) is 4.90 Å². The van der Waals surface area contributed by atoms with E-state index in [4.69, 9.17) is 9.47 Å². The fourth-order valence-corrected chi connectivity index (χ4v) is 3.53. The van der Waals surface area contributed by atoms with E-state index in [2.05, 4.69) is 66.0 Å². The van der Waals surface area contributed by atoms with Crippen LogP contribution in [0.5, 0.6) is 11.5 Å². The zero-order valence-electron chi connectivity index (χ0n) is 12.4. The molecule has 0 unspecified atom stereocenters. The molecule has 0 spiro atoms. The van der Waals surface area contributed by atoms with Gasteiger partial charge in [-0.2, -0.15) is 0 Å². The van der Waals surface area contributed by atoms with Gasteiger partial charge < -0.3 is 9.47 Å². The van der Waals surface area contributed by atoms with E-state index in [1.54, 1.807) is 11.8 Å². The van der Waals surface area contributed by atoms with Gasteiger partial charge in [0.05, 0.1) is 14.5 Å². The fourth-order valence-electron chi connectivity index (χ4n) is 1.76. The van der Waals surface area contributed by atoms with Gasteiger partial charge in [0.2, 0.25) is 0 Å². The maximum atomic E-state index is 5.69.